The molecule has 0 aliphatic heterocycles. The summed E-state index contributed by atoms with van der Waals surface area (Å²) in [6, 6.07) is 3.33. The molecule has 1 heterocycles. The summed E-state index contributed by atoms with van der Waals surface area (Å²) in [5.41, 5.74) is 2.57. The number of halogens is 1. The van der Waals surface area contributed by atoms with E-state index in [9.17, 15) is 4.79 Å². The van der Waals surface area contributed by atoms with E-state index in [0.29, 0.717) is 10.8 Å². The second kappa shape index (κ2) is 6.42. The first-order valence-corrected chi connectivity index (χ1v) is 5.94. The number of nitrogens with one attached hydrogen (secondary N) is 2. The number of hydrogen-bond donors (Lipinski definition) is 3. The number of nitrogens with zero attached hydrogens (tertiary/aromatic N) is 1. The van der Waals surface area contributed by atoms with Crippen molar-refractivity contribution in [1.29, 1.82) is 0 Å². The van der Waals surface area contributed by atoms with Crippen LogP contribution in [0.5, 0.6) is 0 Å². The summed E-state index contributed by atoms with van der Waals surface area (Å²) in [6.45, 7) is 4.03. The Hall–Kier alpha value is -1.33. The van der Waals surface area contributed by atoms with Gasteiger partial charge in [-0.1, -0.05) is 25.4 Å². The van der Waals surface area contributed by atoms with Crippen molar-refractivity contribution in [2.24, 2.45) is 5.84 Å². The van der Waals surface area contributed by atoms with Crippen LogP contribution >= 0.6 is 11.6 Å². The molecule has 0 aliphatic rings. The first-order chi connectivity index (χ1) is 8.12. The third kappa shape index (κ3) is 3.57. The average molecular weight is 257 g/mol. The number of nitrogen functional groups attached to an aromatic ring is 1. The van der Waals surface area contributed by atoms with Gasteiger partial charge in [-0.05, 0) is 25.0 Å². The normalized spacial score (nSPS) is 10.4. The van der Waals surface area contributed by atoms with Crippen LogP contribution in [0.25, 0.3) is 0 Å². The molecule has 0 aromatic carbocycles. The number of hydrazine groups is 1. The topological polar surface area (TPSA) is 80.0 Å². The first kappa shape index (κ1) is 13.7. The van der Waals surface area contributed by atoms with E-state index in [0.717, 1.165) is 12.8 Å². The number of amides is 1. The lowest BCUT2D eigenvalue weighted by atomic mass is 10.1. The summed E-state index contributed by atoms with van der Waals surface area (Å²) in [7, 11) is 0. The fraction of sp³-hybridized carbons (Fsp3) is 0.455. The Labute approximate surface area is 106 Å². The van der Waals surface area contributed by atoms with Crippen molar-refractivity contribution in [2.45, 2.75) is 32.7 Å². The molecule has 17 heavy (non-hydrogen) atoms. The van der Waals surface area contributed by atoms with Gasteiger partial charge in [0.1, 0.15) is 11.5 Å². The number of aromatic nitrogens is 1. The predicted octanol–water partition coefficient (Wildman–Crippen LogP) is 1.94. The van der Waals surface area contributed by atoms with Crippen molar-refractivity contribution < 1.29 is 4.79 Å². The van der Waals surface area contributed by atoms with Gasteiger partial charge in [0, 0.05) is 6.04 Å². The molecule has 1 amide bonds. The molecule has 0 fully saturated rings. The molecular formula is C11H17ClN4O. The molecule has 94 valence electrons. The fourth-order valence-corrected chi connectivity index (χ4v) is 1.62. The Morgan fingerprint density at radius 2 is 2.12 bits per heavy atom. The molecule has 0 unspecified atom stereocenters. The summed E-state index contributed by atoms with van der Waals surface area (Å²) in [4.78, 5) is 16.0. The van der Waals surface area contributed by atoms with E-state index in [2.05, 4.69) is 15.7 Å². The van der Waals surface area contributed by atoms with Gasteiger partial charge in [-0.25, -0.2) is 10.8 Å². The fourth-order valence-electron chi connectivity index (χ4n) is 1.43. The molecule has 0 radical (unpaired) electrons. The van der Waals surface area contributed by atoms with Crippen molar-refractivity contribution >= 4 is 23.3 Å². The van der Waals surface area contributed by atoms with Crippen molar-refractivity contribution in [3.8, 4) is 0 Å². The van der Waals surface area contributed by atoms with E-state index in [1.165, 1.54) is 0 Å². The second-order valence-corrected chi connectivity index (χ2v) is 4.07. The third-order valence-electron chi connectivity index (χ3n) is 2.53. The molecule has 6 heteroatoms. The molecule has 5 nitrogen and oxygen atoms in total. The minimum absolute atomic E-state index is 0.134. The Balaban J connectivity index is 2.87. The Kier molecular flexibility index (Phi) is 5.18. The van der Waals surface area contributed by atoms with Gasteiger partial charge < -0.3 is 10.7 Å². The van der Waals surface area contributed by atoms with Crippen LogP contribution in [0.4, 0.5) is 5.82 Å². The van der Waals surface area contributed by atoms with Crippen LogP contribution < -0.4 is 16.6 Å². The van der Waals surface area contributed by atoms with E-state index < -0.39 is 0 Å². The highest BCUT2D eigenvalue weighted by molar-refractivity contribution is 6.33. The lowest BCUT2D eigenvalue weighted by molar-refractivity contribution is 0.0930. The van der Waals surface area contributed by atoms with Crippen molar-refractivity contribution in [3.05, 3.63) is 22.8 Å². The molecule has 1 rings (SSSR count). The third-order valence-corrected chi connectivity index (χ3v) is 2.83. The molecule has 0 bridgehead atoms. The van der Waals surface area contributed by atoms with Crippen LogP contribution in [0.1, 0.15) is 37.2 Å². The van der Waals surface area contributed by atoms with Crippen LogP contribution in [0, 0.1) is 0 Å². The molecule has 0 spiro atoms. The van der Waals surface area contributed by atoms with Crippen LogP contribution in [-0.2, 0) is 0 Å². The smallest absolute Gasteiger partial charge is 0.271 e. The molecule has 0 saturated carbocycles. The van der Waals surface area contributed by atoms with Crippen molar-refractivity contribution in [3.63, 3.8) is 0 Å². The number of anilines is 1. The Bertz CT molecular complexity index is 393. The summed E-state index contributed by atoms with van der Waals surface area (Å²) in [6.07, 6.45) is 1.74. The lowest BCUT2D eigenvalue weighted by Gasteiger charge is -2.15. The minimum atomic E-state index is -0.277. The maximum atomic E-state index is 11.9. The second-order valence-electron chi connectivity index (χ2n) is 3.66. The average Bonchev–Trinajstić information content (AvgIpc) is 2.36. The van der Waals surface area contributed by atoms with Crippen LogP contribution in [-0.4, -0.2) is 16.9 Å². The number of carbonyl (C=O) groups is 1. The Morgan fingerprint density at radius 3 is 2.65 bits per heavy atom. The zero-order valence-corrected chi connectivity index (χ0v) is 10.7. The van der Waals surface area contributed by atoms with Gasteiger partial charge in [0.15, 0.2) is 0 Å². The zero-order valence-electron chi connectivity index (χ0n) is 9.96. The summed E-state index contributed by atoms with van der Waals surface area (Å²) in [5.74, 6) is 5.36. The SMILES string of the molecule is CCC(CC)NC(=O)c1nc(NN)ccc1Cl. The standard InChI is InChI=1S/C11H17ClN4O/c1-3-7(4-2)14-11(17)10-8(12)5-6-9(15-10)16-13/h5-7H,3-4,13H2,1-2H3,(H,14,17)(H,15,16). The quantitative estimate of drug-likeness (QED) is 0.556. The van der Waals surface area contributed by atoms with Gasteiger partial charge in [-0.2, -0.15) is 0 Å². The zero-order chi connectivity index (χ0) is 12.8. The molecule has 0 atom stereocenters. The monoisotopic (exact) mass is 256 g/mol. The van der Waals surface area contributed by atoms with E-state index >= 15 is 0 Å². The Morgan fingerprint density at radius 1 is 1.47 bits per heavy atom. The molecular weight excluding hydrogens is 240 g/mol. The highest BCUT2D eigenvalue weighted by atomic mass is 35.5. The van der Waals surface area contributed by atoms with Crippen molar-refractivity contribution in [1.82, 2.24) is 10.3 Å². The number of hydrogen-bond acceptors (Lipinski definition) is 4. The number of pyridine rings is 1. The minimum Gasteiger partial charge on any atom is -0.348 e. The van der Waals surface area contributed by atoms with Gasteiger partial charge in [-0.3, -0.25) is 4.79 Å². The highest BCUT2D eigenvalue weighted by Crippen LogP contribution is 2.16. The summed E-state index contributed by atoms with van der Waals surface area (Å²) >= 11 is 5.93. The maximum Gasteiger partial charge on any atom is 0.271 e. The van der Waals surface area contributed by atoms with Gasteiger partial charge in [0.2, 0.25) is 0 Å². The van der Waals surface area contributed by atoms with Crippen LogP contribution in [0.15, 0.2) is 12.1 Å². The van der Waals surface area contributed by atoms with Crippen LogP contribution in [0.3, 0.4) is 0 Å². The number of carbonyl (C=O) groups excluding carboxylic acids is 1. The molecule has 1 aromatic heterocycles. The predicted molar refractivity (Wildman–Crippen MR) is 68.9 cm³/mol. The van der Waals surface area contributed by atoms with E-state index in [4.69, 9.17) is 17.4 Å². The number of rotatable bonds is 5. The summed E-state index contributed by atoms with van der Waals surface area (Å²) in [5, 5.41) is 3.18. The van der Waals surface area contributed by atoms with Gasteiger partial charge in [0.25, 0.3) is 5.91 Å². The maximum absolute atomic E-state index is 11.9. The number of nitrogens with two attached hydrogens (primary N) is 1. The van der Waals surface area contributed by atoms with Crippen molar-refractivity contribution in [2.75, 3.05) is 5.43 Å². The van der Waals surface area contributed by atoms with E-state index in [-0.39, 0.29) is 17.6 Å². The van der Waals surface area contributed by atoms with E-state index in [1.807, 2.05) is 13.8 Å². The molecule has 0 aliphatic carbocycles. The summed E-state index contributed by atoms with van der Waals surface area (Å²) < 4.78 is 0. The highest BCUT2D eigenvalue weighted by Gasteiger charge is 2.15. The lowest BCUT2D eigenvalue weighted by Crippen LogP contribution is -2.34. The van der Waals surface area contributed by atoms with Gasteiger partial charge in [0.05, 0.1) is 5.02 Å². The molecule has 4 N–H and O–H groups in total. The van der Waals surface area contributed by atoms with Crippen LogP contribution in [0.2, 0.25) is 5.02 Å². The van der Waals surface area contributed by atoms with Gasteiger partial charge >= 0.3 is 0 Å². The van der Waals surface area contributed by atoms with Gasteiger partial charge in [-0.15, -0.1) is 0 Å². The van der Waals surface area contributed by atoms with E-state index in [1.54, 1.807) is 12.1 Å². The molecule has 0 saturated heterocycles. The largest absolute Gasteiger partial charge is 0.348 e. The first-order valence-electron chi connectivity index (χ1n) is 5.56. The molecule has 1 aromatic rings.